The lowest BCUT2D eigenvalue weighted by Gasteiger charge is -2.09. The highest BCUT2D eigenvalue weighted by Gasteiger charge is 2.21. The van der Waals surface area contributed by atoms with E-state index in [-0.39, 0.29) is 0 Å². The lowest BCUT2D eigenvalue weighted by molar-refractivity contribution is 1.18. The molecule has 11 rings (SSSR count). The van der Waals surface area contributed by atoms with Crippen molar-refractivity contribution in [2.45, 2.75) is 13.8 Å². The van der Waals surface area contributed by atoms with E-state index in [1.54, 1.807) is 24.8 Å². The molecule has 0 amide bonds. The fourth-order valence-corrected chi connectivity index (χ4v) is 10.5. The molecule has 3 heterocycles. The van der Waals surface area contributed by atoms with E-state index < -0.39 is 0 Å². The second-order valence-electron chi connectivity index (χ2n) is 15.8. The first-order chi connectivity index (χ1) is 32.1. The maximum atomic E-state index is 4.69. The molecule has 0 radical (unpaired) electrons. The zero-order valence-corrected chi connectivity index (χ0v) is 36.8. The second kappa shape index (κ2) is 16.5. The largest absolute Gasteiger partial charge is 0.309 e. The minimum Gasteiger partial charge on any atom is -0.309 e. The van der Waals surface area contributed by atoms with Crippen LogP contribution in [0, 0.1) is 0 Å². The molecule has 0 aliphatic carbocycles. The van der Waals surface area contributed by atoms with Crippen molar-refractivity contribution in [2.24, 2.45) is 20.0 Å². The number of hydrogen-bond donors (Lipinski definition) is 0. The smallest absolute Gasteiger partial charge is 0.159 e. The molecule has 65 heavy (non-hydrogen) atoms. The first-order valence-electron chi connectivity index (χ1n) is 21.7. The third kappa shape index (κ3) is 6.64. The standard InChI is InChI=1S/C58H42N6S/c1-5-59-57(60-6-2)43-21-15-23-51-55(43)47-35-37(25-29-49(47)63(51)41-17-11-9-12-18-41)39-27-31-53-45(33-39)46-34-40(28-32-54(46)65-53)38-26-30-50-48(36-38)56-44(58(61-7-3)62-8-4)22-16-24-52(56)64(50)42-19-13-10-14-20-42/h5-36H,1,3H2,2,4H3. The van der Waals surface area contributed by atoms with Crippen LogP contribution in [-0.2, 0) is 0 Å². The van der Waals surface area contributed by atoms with Gasteiger partial charge in [-0.15, -0.1) is 11.3 Å². The Labute approximate surface area is 380 Å². The van der Waals surface area contributed by atoms with Gasteiger partial charge in [0, 0.05) is 89.0 Å². The molecule has 3 aromatic heterocycles. The minimum absolute atomic E-state index is 0.631. The van der Waals surface area contributed by atoms with E-state index in [0.717, 1.165) is 88.4 Å². The average molecular weight is 855 g/mol. The van der Waals surface area contributed by atoms with Gasteiger partial charge in [-0.05, 0) is 121 Å². The lowest BCUT2D eigenvalue weighted by atomic mass is 9.97. The molecule has 0 aliphatic rings. The highest BCUT2D eigenvalue weighted by Crippen LogP contribution is 2.42. The fraction of sp³-hybridized carbons (Fsp3) is 0.0345. The number of hydrogen-bond acceptors (Lipinski definition) is 3. The molecular formula is C58H42N6S. The Morgan fingerprint density at radius 1 is 0.431 bits per heavy atom. The summed E-state index contributed by atoms with van der Waals surface area (Å²) in [5.74, 6) is 1.26. The van der Waals surface area contributed by atoms with Gasteiger partial charge in [0.1, 0.15) is 0 Å². The molecule has 11 aromatic rings. The van der Waals surface area contributed by atoms with Crippen molar-refractivity contribution in [3.63, 3.8) is 0 Å². The molecule has 0 unspecified atom stereocenters. The molecule has 0 atom stereocenters. The van der Waals surface area contributed by atoms with E-state index in [2.05, 4.69) is 212 Å². The molecule has 0 aliphatic heterocycles. The summed E-state index contributed by atoms with van der Waals surface area (Å²) in [5.41, 5.74) is 13.1. The van der Waals surface area contributed by atoms with Gasteiger partial charge in [-0.25, -0.2) is 20.0 Å². The Morgan fingerprint density at radius 3 is 1.23 bits per heavy atom. The monoisotopic (exact) mass is 854 g/mol. The Kier molecular flexibility index (Phi) is 10.0. The molecule has 0 fully saturated rings. The summed E-state index contributed by atoms with van der Waals surface area (Å²) in [6, 6.07) is 61.2. The zero-order chi connectivity index (χ0) is 44.0. The van der Waals surface area contributed by atoms with Crippen molar-refractivity contribution in [2.75, 3.05) is 0 Å². The summed E-state index contributed by atoms with van der Waals surface area (Å²) in [7, 11) is 0. The van der Waals surface area contributed by atoms with E-state index in [4.69, 9.17) is 0 Å². The predicted molar refractivity (Wildman–Crippen MR) is 281 cm³/mol. The Balaban J connectivity index is 1.08. The Bertz CT molecular complexity index is 3570. The van der Waals surface area contributed by atoms with Crippen LogP contribution in [0.1, 0.15) is 25.0 Å². The first kappa shape index (κ1) is 39.6. The minimum atomic E-state index is 0.631. The summed E-state index contributed by atoms with van der Waals surface area (Å²) in [6.07, 6.45) is 6.69. The van der Waals surface area contributed by atoms with Crippen LogP contribution in [0.3, 0.4) is 0 Å². The van der Waals surface area contributed by atoms with Gasteiger partial charge < -0.3 is 9.13 Å². The van der Waals surface area contributed by atoms with Crippen molar-refractivity contribution in [1.82, 2.24) is 9.13 Å². The van der Waals surface area contributed by atoms with Crippen LogP contribution in [0.4, 0.5) is 0 Å². The molecule has 0 saturated heterocycles. The van der Waals surface area contributed by atoms with Gasteiger partial charge in [-0.3, -0.25) is 0 Å². The van der Waals surface area contributed by atoms with Crippen molar-refractivity contribution in [3.8, 4) is 33.6 Å². The summed E-state index contributed by atoms with van der Waals surface area (Å²) in [4.78, 5) is 18.6. The third-order valence-electron chi connectivity index (χ3n) is 12.2. The number of para-hydroxylation sites is 2. The maximum absolute atomic E-state index is 4.69. The highest BCUT2D eigenvalue weighted by molar-refractivity contribution is 7.25. The number of rotatable bonds is 8. The Hall–Kier alpha value is -8.26. The van der Waals surface area contributed by atoms with E-state index in [1.165, 1.54) is 20.2 Å². The number of amidine groups is 2. The van der Waals surface area contributed by atoms with Gasteiger partial charge in [0.05, 0.1) is 22.1 Å². The van der Waals surface area contributed by atoms with E-state index in [1.807, 2.05) is 25.2 Å². The molecular weight excluding hydrogens is 813 g/mol. The van der Waals surface area contributed by atoms with Gasteiger partial charge in [-0.1, -0.05) is 98.1 Å². The van der Waals surface area contributed by atoms with Crippen LogP contribution >= 0.6 is 11.3 Å². The molecule has 7 heteroatoms. The van der Waals surface area contributed by atoms with Crippen molar-refractivity contribution in [3.05, 3.63) is 207 Å². The number of thiophene rings is 1. The normalized spacial score (nSPS) is 12.6. The molecule has 310 valence electrons. The number of fused-ring (bicyclic) bond motifs is 9. The molecule has 8 aromatic carbocycles. The lowest BCUT2D eigenvalue weighted by Crippen LogP contribution is -1.98. The van der Waals surface area contributed by atoms with E-state index in [0.29, 0.717) is 11.7 Å². The Morgan fingerprint density at radius 2 is 0.831 bits per heavy atom. The molecule has 0 bridgehead atoms. The average Bonchev–Trinajstić information content (AvgIpc) is 4.01. The van der Waals surface area contributed by atoms with Crippen LogP contribution in [0.5, 0.6) is 0 Å². The number of aromatic nitrogens is 2. The van der Waals surface area contributed by atoms with Crippen LogP contribution in [0.2, 0.25) is 0 Å². The van der Waals surface area contributed by atoms with E-state index in [9.17, 15) is 0 Å². The number of aliphatic imine (C=N–C) groups is 4. The first-order valence-corrected chi connectivity index (χ1v) is 22.5. The summed E-state index contributed by atoms with van der Waals surface area (Å²) >= 11 is 1.83. The molecule has 6 nitrogen and oxygen atoms in total. The number of nitrogens with zero attached hydrogens (tertiary/aromatic N) is 6. The van der Waals surface area contributed by atoms with E-state index >= 15 is 0 Å². The number of benzene rings is 8. The van der Waals surface area contributed by atoms with Gasteiger partial charge in [-0.2, -0.15) is 0 Å². The summed E-state index contributed by atoms with van der Waals surface area (Å²) < 4.78 is 7.18. The van der Waals surface area contributed by atoms with Crippen LogP contribution in [-0.4, -0.2) is 33.2 Å². The van der Waals surface area contributed by atoms with Crippen molar-refractivity contribution < 1.29 is 0 Å². The van der Waals surface area contributed by atoms with Crippen LogP contribution in [0.15, 0.2) is 215 Å². The third-order valence-corrected chi connectivity index (χ3v) is 13.3. The van der Waals surface area contributed by atoms with Crippen LogP contribution in [0.25, 0.3) is 97.4 Å². The highest BCUT2D eigenvalue weighted by atomic mass is 32.1. The van der Waals surface area contributed by atoms with Crippen molar-refractivity contribution >= 4 is 99.2 Å². The zero-order valence-electron chi connectivity index (χ0n) is 36.0. The van der Waals surface area contributed by atoms with Gasteiger partial charge in [0.25, 0.3) is 0 Å². The molecule has 0 N–H and O–H groups in total. The maximum Gasteiger partial charge on any atom is 0.159 e. The predicted octanol–water partition coefficient (Wildman–Crippen LogP) is 15.5. The van der Waals surface area contributed by atoms with Gasteiger partial charge in [0.2, 0.25) is 0 Å². The molecule has 0 spiro atoms. The summed E-state index contributed by atoms with van der Waals surface area (Å²) in [6.45, 7) is 11.6. The van der Waals surface area contributed by atoms with Gasteiger partial charge >= 0.3 is 0 Å². The molecule has 0 saturated carbocycles. The summed E-state index contributed by atoms with van der Waals surface area (Å²) in [5, 5.41) is 6.94. The topological polar surface area (TPSA) is 59.3 Å². The van der Waals surface area contributed by atoms with Gasteiger partial charge in [0.15, 0.2) is 11.7 Å². The van der Waals surface area contributed by atoms with Crippen molar-refractivity contribution in [1.29, 1.82) is 0 Å². The SMILES string of the molecule is C=CN=C(N=CC)c1cccc2c1c1cc(-c3ccc4sc5ccc(-c6ccc7c(c6)c6c(C(N=CC)=NC=C)cccc6n7-c6ccccc6)cc5c4c3)ccc1n2-c1ccccc1. The fourth-order valence-electron chi connectivity index (χ4n) is 9.48. The quantitative estimate of drug-likeness (QED) is 0.108. The second-order valence-corrected chi connectivity index (χ2v) is 16.9. The van der Waals surface area contributed by atoms with Crippen LogP contribution < -0.4 is 0 Å².